The molecule has 0 atom stereocenters. The molecule has 0 N–H and O–H groups in total. The maximum atomic E-state index is 13.6. The van der Waals surface area contributed by atoms with Gasteiger partial charge in [0.1, 0.15) is 12.1 Å². The summed E-state index contributed by atoms with van der Waals surface area (Å²) in [5.74, 6) is 0.291. The van der Waals surface area contributed by atoms with Gasteiger partial charge in [0.25, 0.3) is 5.91 Å². The summed E-state index contributed by atoms with van der Waals surface area (Å²) in [7, 11) is 0. The maximum Gasteiger partial charge on any atom is 0.255 e. The van der Waals surface area contributed by atoms with E-state index in [2.05, 4.69) is 41.1 Å². The Morgan fingerprint density at radius 1 is 1.00 bits per heavy atom. The van der Waals surface area contributed by atoms with Gasteiger partial charge < -0.3 is 9.80 Å². The number of amides is 1. The first-order chi connectivity index (χ1) is 15.1. The van der Waals surface area contributed by atoms with E-state index in [0.29, 0.717) is 54.4 Å². The second-order valence-electron chi connectivity index (χ2n) is 7.11. The number of anilines is 1. The maximum absolute atomic E-state index is 13.6. The van der Waals surface area contributed by atoms with Crippen LogP contribution in [0.3, 0.4) is 0 Å². The largest absolute Gasteiger partial charge is 0.351 e. The van der Waals surface area contributed by atoms with Crippen LogP contribution in [0, 0.1) is 5.82 Å². The molecule has 10 heteroatoms. The van der Waals surface area contributed by atoms with Crippen LogP contribution >= 0.6 is 15.9 Å². The van der Waals surface area contributed by atoms with Gasteiger partial charge in [0.05, 0.1) is 11.3 Å². The molecule has 0 radical (unpaired) electrons. The van der Waals surface area contributed by atoms with Crippen molar-refractivity contribution in [2.24, 2.45) is 0 Å². The van der Waals surface area contributed by atoms with Crippen molar-refractivity contribution in [2.45, 2.75) is 0 Å². The lowest BCUT2D eigenvalue weighted by Crippen LogP contribution is -2.49. The number of benzene rings is 2. The van der Waals surface area contributed by atoms with E-state index in [1.54, 1.807) is 12.1 Å². The van der Waals surface area contributed by atoms with Gasteiger partial charge in [-0.25, -0.2) is 14.4 Å². The minimum atomic E-state index is -0.360. The Bertz CT molecular complexity index is 1270. The molecule has 1 saturated heterocycles. The van der Waals surface area contributed by atoms with Gasteiger partial charge in [0.2, 0.25) is 0 Å². The van der Waals surface area contributed by atoms with Crippen molar-refractivity contribution in [3.8, 4) is 5.69 Å². The topological polar surface area (TPSA) is 80.0 Å². The molecular weight excluding hydrogens is 465 g/mol. The predicted molar refractivity (Wildman–Crippen MR) is 117 cm³/mol. The van der Waals surface area contributed by atoms with E-state index >= 15 is 0 Å². The van der Waals surface area contributed by atoms with Gasteiger partial charge in [-0.1, -0.05) is 23.4 Å². The molecule has 156 valence electrons. The Morgan fingerprint density at radius 2 is 1.81 bits per heavy atom. The Labute approximate surface area is 185 Å². The number of hydrogen-bond donors (Lipinski definition) is 0. The molecule has 0 bridgehead atoms. The SMILES string of the molecule is O=C(c1ccccc1Br)N1CCN(c2ncnc3c2nnn3-c2cccc(F)c2)CC1. The van der Waals surface area contributed by atoms with Crippen LogP contribution < -0.4 is 4.90 Å². The van der Waals surface area contributed by atoms with Gasteiger partial charge in [0.15, 0.2) is 17.0 Å². The number of carbonyl (C=O) groups excluding carboxylic acids is 1. The van der Waals surface area contributed by atoms with E-state index in [4.69, 9.17) is 0 Å². The minimum absolute atomic E-state index is 0.00277. The number of carbonyl (C=O) groups is 1. The molecule has 1 aliphatic heterocycles. The first-order valence-corrected chi connectivity index (χ1v) is 10.5. The lowest BCUT2D eigenvalue weighted by Gasteiger charge is -2.35. The molecule has 5 rings (SSSR count). The Kier molecular flexibility index (Phi) is 5.06. The third kappa shape index (κ3) is 3.63. The number of halogens is 2. The van der Waals surface area contributed by atoms with Crippen LogP contribution in [0.4, 0.5) is 10.2 Å². The number of hydrogen-bond acceptors (Lipinski definition) is 6. The molecule has 8 nitrogen and oxygen atoms in total. The highest BCUT2D eigenvalue weighted by molar-refractivity contribution is 9.10. The zero-order valence-corrected chi connectivity index (χ0v) is 17.9. The molecule has 1 amide bonds. The van der Waals surface area contributed by atoms with Crippen molar-refractivity contribution in [1.29, 1.82) is 0 Å². The average molecular weight is 482 g/mol. The standard InChI is InChI=1S/C21H17BrFN7O/c22-17-7-2-1-6-16(17)21(31)29-10-8-28(9-11-29)19-18-20(25-13-24-19)30(27-26-18)15-5-3-4-14(23)12-15/h1-7,12-13H,8-11H2. The fourth-order valence-corrected chi connectivity index (χ4v) is 4.13. The normalized spacial score (nSPS) is 14.3. The minimum Gasteiger partial charge on any atom is -0.351 e. The van der Waals surface area contributed by atoms with Gasteiger partial charge >= 0.3 is 0 Å². The third-order valence-electron chi connectivity index (χ3n) is 5.24. The van der Waals surface area contributed by atoms with Crippen LogP contribution in [0.25, 0.3) is 16.9 Å². The number of nitrogens with zero attached hydrogens (tertiary/aromatic N) is 7. The zero-order valence-electron chi connectivity index (χ0n) is 16.3. The predicted octanol–water partition coefficient (Wildman–Crippen LogP) is 3.07. The average Bonchev–Trinajstić information content (AvgIpc) is 3.23. The molecule has 0 aliphatic carbocycles. The summed E-state index contributed by atoms with van der Waals surface area (Å²) in [5, 5.41) is 8.41. The van der Waals surface area contributed by atoms with E-state index in [9.17, 15) is 9.18 Å². The Morgan fingerprint density at radius 3 is 2.58 bits per heavy atom. The number of piperazine rings is 1. The summed E-state index contributed by atoms with van der Waals surface area (Å²) in [4.78, 5) is 25.5. The quantitative estimate of drug-likeness (QED) is 0.447. The van der Waals surface area contributed by atoms with Crippen LogP contribution in [0.15, 0.2) is 59.3 Å². The molecule has 1 fully saturated rings. The summed E-state index contributed by atoms with van der Waals surface area (Å²) < 4.78 is 15.9. The lowest BCUT2D eigenvalue weighted by molar-refractivity contribution is 0.0745. The second-order valence-corrected chi connectivity index (χ2v) is 7.96. The Hall–Kier alpha value is -3.40. The molecular formula is C21H17BrFN7O. The van der Waals surface area contributed by atoms with Crippen LogP contribution in [-0.2, 0) is 0 Å². The van der Waals surface area contributed by atoms with Crippen molar-refractivity contribution >= 4 is 38.8 Å². The van der Waals surface area contributed by atoms with Crippen LogP contribution in [0.2, 0.25) is 0 Å². The molecule has 2 aromatic carbocycles. The highest BCUT2D eigenvalue weighted by Gasteiger charge is 2.26. The van der Waals surface area contributed by atoms with E-state index in [0.717, 1.165) is 4.47 Å². The molecule has 4 aromatic rings. The fourth-order valence-electron chi connectivity index (χ4n) is 3.68. The summed E-state index contributed by atoms with van der Waals surface area (Å²) in [6.45, 7) is 2.33. The summed E-state index contributed by atoms with van der Waals surface area (Å²) >= 11 is 3.45. The van der Waals surface area contributed by atoms with Crippen molar-refractivity contribution in [3.63, 3.8) is 0 Å². The first kappa shape index (κ1) is 19.6. The lowest BCUT2D eigenvalue weighted by atomic mass is 10.2. The van der Waals surface area contributed by atoms with Gasteiger partial charge in [-0.3, -0.25) is 4.79 Å². The van der Waals surface area contributed by atoms with Crippen LogP contribution in [-0.4, -0.2) is 61.9 Å². The highest BCUT2D eigenvalue weighted by Crippen LogP contribution is 2.25. The fraction of sp³-hybridized carbons (Fsp3) is 0.190. The third-order valence-corrected chi connectivity index (χ3v) is 5.93. The summed E-state index contributed by atoms with van der Waals surface area (Å²) in [6.07, 6.45) is 1.45. The summed E-state index contributed by atoms with van der Waals surface area (Å²) in [6, 6.07) is 13.5. The molecule has 1 aliphatic rings. The van der Waals surface area contributed by atoms with E-state index < -0.39 is 0 Å². The van der Waals surface area contributed by atoms with Gasteiger partial charge in [-0.15, -0.1) is 5.10 Å². The van der Waals surface area contributed by atoms with Gasteiger partial charge in [-0.05, 0) is 46.3 Å². The van der Waals surface area contributed by atoms with Gasteiger partial charge in [-0.2, -0.15) is 4.68 Å². The molecule has 0 spiro atoms. The van der Waals surface area contributed by atoms with E-state index in [1.165, 1.54) is 23.1 Å². The molecule has 0 saturated carbocycles. The molecule has 31 heavy (non-hydrogen) atoms. The van der Waals surface area contributed by atoms with Crippen molar-refractivity contribution in [2.75, 3.05) is 31.1 Å². The monoisotopic (exact) mass is 481 g/mol. The summed E-state index contributed by atoms with van der Waals surface area (Å²) in [5.41, 5.74) is 2.23. The van der Waals surface area contributed by atoms with Gasteiger partial charge in [0, 0.05) is 30.7 Å². The number of rotatable bonds is 3. The number of aromatic nitrogens is 5. The van der Waals surface area contributed by atoms with E-state index in [1.807, 2.05) is 29.2 Å². The number of fused-ring (bicyclic) bond motifs is 1. The van der Waals surface area contributed by atoms with Crippen molar-refractivity contribution in [3.05, 3.63) is 70.7 Å². The van der Waals surface area contributed by atoms with Crippen LogP contribution in [0.5, 0.6) is 0 Å². The highest BCUT2D eigenvalue weighted by atomic mass is 79.9. The van der Waals surface area contributed by atoms with E-state index in [-0.39, 0.29) is 11.7 Å². The smallest absolute Gasteiger partial charge is 0.255 e. The van der Waals surface area contributed by atoms with Crippen LogP contribution in [0.1, 0.15) is 10.4 Å². The van der Waals surface area contributed by atoms with Crippen molar-refractivity contribution < 1.29 is 9.18 Å². The molecule has 3 heterocycles. The van der Waals surface area contributed by atoms with Crippen molar-refractivity contribution in [1.82, 2.24) is 29.9 Å². The zero-order chi connectivity index (χ0) is 21.4. The molecule has 2 aromatic heterocycles. The molecule has 0 unspecified atom stereocenters. The Balaban J connectivity index is 1.38. The first-order valence-electron chi connectivity index (χ1n) is 9.73. The second kappa shape index (κ2) is 8.03.